The molecule has 1 aliphatic heterocycles. The summed E-state index contributed by atoms with van der Waals surface area (Å²) >= 11 is 0. The fourth-order valence-corrected chi connectivity index (χ4v) is 2.22. The second kappa shape index (κ2) is 5.26. The molecule has 0 radical (unpaired) electrons. The van der Waals surface area contributed by atoms with Gasteiger partial charge in [0.05, 0.1) is 11.5 Å². The molecule has 102 valence electrons. The highest BCUT2D eigenvalue weighted by molar-refractivity contribution is 5.97. The molecule has 5 nitrogen and oxygen atoms in total. The molecule has 2 N–H and O–H groups in total. The summed E-state index contributed by atoms with van der Waals surface area (Å²) in [6.45, 7) is 0.560. The lowest BCUT2D eigenvalue weighted by Gasteiger charge is -2.30. The van der Waals surface area contributed by atoms with Gasteiger partial charge < -0.3 is 15.1 Å². The lowest BCUT2D eigenvalue weighted by molar-refractivity contribution is -0.143. The van der Waals surface area contributed by atoms with Crippen LogP contribution in [0.4, 0.5) is 4.39 Å². The zero-order chi connectivity index (χ0) is 14.0. The Morgan fingerprint density at radius 1 is 1.37 bits per heavy atom. The Kier molecular flexibility index (Phi) is 3.69. The average Bonchev–Trinajstić information content (AvgIpc) is 2.38. The van der Waals surface area contributed by atoms with Crippen LogP contribution in [0.25, 0.3) is 0 Å². The summed E-state index contributed by atoms with van der Waals surface area (Å²) in [5.74, 6) is -3.04. The third kappa shape index (κ3) is 2.83. The molecule has 1 atom stereocenters. The molecule has 1 saturated heterocycles. The number of aliphatic carboxylic acids is 1. The summed E-state index contributed by atoms with van der Waals surface area (Å²) in [5.41, 5.74) is -0.00700. The molecule has 1 aromatic rings. The van der Waals surface area contributed by atoms with E-state index in [-0.39, 0.29) is 12.1 Å². The summed E-state index contributed by atoms with van der Waals surface area (Å²) in [4.78, 5) is 24.5. The topological polar surface area (TPSA) is 77.8 Å². The first-order valence-corrected chi connectivity index (χ1v) is 5.99. The van der Waals surface area contributed by atoms with E-state index in [1.54, 1.807) is 0 Å². The lowest BCUT2D eigenvalue weighted by Crippen LogP contribution is -2.42. The second-order valence-corrected chi connectivity index (χ2v) is 4.59. The first kappa shape index (κ1) is 13.3. The van der Waals surface area contributed by atoms with Crippen LogP contribution < -0.4 is 0 Å². The highest BCUT2D eigenvalue weighted by Crippen LogP contribution is 2.23. The summed E-state index contributed by atoms with van der Waals surface area (Å²) in [5, 5.41) is 18.5. The first-order valence-electron chi connectivity index (χ1n) is 5.99. The Balaban J connectivity index is 2.17. The number of carbonyl (C=O) groups excluding carboxylic acids is 1. The molecule has 1 fully saturated rings. The second-order valence-electron chi connectivity index (χ2n) is 4.59. The van der Waals surface area contributed by atoms with Crippen molar-refractivity contribution in [2.75, 3.05) is 13.1 Å². The van der Waals surface area contributed by atoms with Gasteiger partial charge in [0.1, 0.15) is 11.6 Å². The Morgan fingerprint density at radius 2 is 2.11 bits per heavy atom. The maximum atomic E-state index is 12.9. The predicted molar refractivity (Wildman–Crippen MR) is 64.3 cm³/mol. The summed E-state index contributed by atoms with van der Waals surface area (Å²) in [7, 11) is 0. The van der Waals surface area contributed by atoms with E-state index in [0.717, 1.165) is 12.1 Å². The van der Waals surface area contributed by atoms with Crippen LogP contribution in [-0.2, 0) is 4.79 Å². The number of carboxylic acids is 1. The van der Waals surface area contributed by atoms with Crippen molar-refractivity contribution < 1.29 is 24.2 Å². The number of carbonyl (C=O) groups is 2. The number of benzene rings is 1. The number of piperidine rings is 1. The van der Waals surface area contributed by atoms with Crippen molar-refractivity contribution in [3.63, 3.8) is 0 Å². The Bertz CT molecular complexity index is 517. The molecular weight excluding hydrogens is 253 g/mol. The number of likely N-dealkylation sites (tertiary alicyclic amines) is 1. The van der Waals surface area contributed by atoms with E-state index < -0.39 is 29.4 Å². The highest BCUT2D eigenvalue weighted by atomic mass is 19.1. The van der Waals surface area contributed by atoms with E-state index in [2.05, 4.69) is 0 Å². The number of amides is 1. The number of rotatable bonds is 2. The number of nitrogens with zero attached hydrogens (tertiary/aromatic N) is 1. The van der Waals surface area contributed by atoms with Gasteiger partial charge in [0.2, 0.25) is 0 Å². The van der Waals surface area contributed by atoms with Crippen molar-refractivity contribution >= 4 is 11.9 Å². The standard InChI is InChI=1S/C13H14FNO4/c14-9-3-4-10(11(16)6-9)12(17)15-5-1-2-8(7-15)13(18)19/h3-4,6,8,16H,1-2,5,7H2,(H,18,19)/t8-/m1/s1. The van der Waals surface area contributed by atoms with Crippen molar-refractivity contribution in [2.24, 2.45) is 5.92 Å². The molecule has 0 saturated carbocycles. The zero-order valence-corrected chi connectivity index (χ0v) is 10.2. The van der Waals surface area contributed by atoms with Crippen LogP contribution in [0.5, 0.6) is 5.75 Å². The zero-order valence-electron chi connectivity index (χ0n) is 10.2. The van der Waals surface area contributed by atoms with Gasteiger partial charge in [-0.1, -0.05) is 0 Å². The normalized spacial score (nSPS) is 19.2. The molecule has 1 heterocycles. The minimum Gasteiger partial charge on any atom is -0.507 e. The van der Waals surface area contributed by atoms with Gasteiger partial charge in [-0.05, 0) is 25.0 Å². The van der Waals surface area contributed by atoms with E-state index in [1.807, 2.05) is 0 Å². The van der Waals surface area contributed by atoms with Gasteiger partial charge in [-0.15, -0.1) is 0 Å². The SMILES string of the molecule is O=C(O)[C@@H]1CCCN(C(=O)c2ccc(F)cc2O)C1. The van der Waals surface area contributed by atoms with Crippen molar-refractivity contribution in [3.8, 4) is 5.75 Å². The van der Waals surface area contributed by atoms with Gasteiger partial charge in [0.25, 0.3) is 5.91 Å². The Morgan fingerprint density at radius 3 is 2.74 bits per heavy atom. The van der Waals surface area contributed by atoms with Crippen LogP contribution in [0.1, 0.15) is 23.2 Å². The predicted octanol–water partition coefficient (Wildman–Crippen LogP) is 1.47. The number of hydrogen-bond acceptors (Lipinski definition) is 3. The van der Waals surface area contributed by atoms with Gasteiger partial charge in [0, 0.05) is 19.2 Å². The minimum absolute atomic E-state index is 0.00700. The van der Waals surface area contributed by atoms with Gasteiger partial charge in [-0.2, -0.15) is 0 Å². The lowest BCUT2D eigenvalue weighted by atomic mass is 9.97. The first-order chi connectivity index (χ1) is 8.99. The number of halogens is 1. The van der Waals surface area contributed by atoms with Crippen molar-refractivity contribution in [1.82, 2.24) is 4.90 Å². The fraction of sp³-hybridized carbons (Fsp3) is 0.385. The van der Waals surface area contributed by atoms with Gasteiger partial charge in [-0.3, -0.25) is 9.59 Å². The van der Waals surface area contributed by atoms with Crippen molar-refractivity contribution in [3.05, 3.63) is 29.6 Å². The molecule has 1 aliphatic rings. The van der Waals surface area contributed by atoms with Crippen molar-refractivity contribution in [1.29, 1.82) is 0 Å². The van der Waals surface area contributed by atoms with E-state index in [4.69, 9.17) is 5.11 Å². The molecule has 6 heteroatoms. The number of carboxylic acid groups (broad SMARTS) is 1. The number of hydrogen-bond donors (Lipinski definition) is 2. The summed E-state index contributed by atoms with van der Waals surface area (Å²) in [6.07, 6.45) is 1.14. The quantitative estimate of drug-likeness (QED) is 0.850. The maximum Gasteiger partial charge on any atom is 0.308 e. The van der Waals surface area contributed by atoms with Crippen LogP contribution in [0, 0.1) is 11.7 Å². The molecule has 0 aliphatic carbocycles. The number of phenols is 1. The molecule has 1 aromatic carbocycles. The van der Waals surface area contributed by atoms with Crippen LogP contribution in [0.3, 0.4) is 0 Å². The molecule has 19 heavy (non-hydrogen) atoms. The van der Waals surface area contributed by atoms with Gasteiger partial charge in [0.15, 0.2) is 0 Å². The highest BCUT2D eigenvalue weighted by Gasteiger charge is 2.29. The summed E-state index contributed by atoms with van der Waals surface area (Å²) in [6, 6.07) is 3.16. The maximum absolute atomic E-state index is 12.9. The molecule has 0 aromatic heterocycles. The van der Waals surface area contributed by atoms with E-state index >= 15 is 0 Å². The van der Waals surface area contributed by atoms with Gasteiger partial charge in [-0.25, -0.2) is 4.39 Å². The van der Waals surface area contributed by atoms with Crippen LogP contribution in [-0.4, -0.2) is 40.1 Å². The average molecular weight is 267 g/mol. The third-order valence-electron chi connectivity index (χ3n) is 3.25. The van der Waals surface area contributed by atoms with Crippen molar-refractivity contribution in [2.45, 2.75) is 12.8 Å². The smallest absolute Gasteiger partial charge is 0.308 e. The van der Waals surface area contributed by atoms with Crippen LogP contribution >= 0.6 is 0 Å². The fourth-order valence-electron chi connectivity index (χ4n) is 2.22. The number of aromatic hydroxyl groups is 1. The van der Waals surface area contributed by atoms with Crippen LogP contribution in [0.15, 0.2) is 18.2 Å². The molecule has 0 bridgehead atoms. The van der Waals surface area contributed by atoms with E-state index in [1.165, 1.54) is 11.0 Å². The Labute approximate surface area is 109 Å². The Hall–Kier alpha value is -2.11. The summed E-state index contributed by atoms with van der Waals surface area (Å²) < 4.78 is 12.9. The third-order valence-corrected chi connectivity index (χ3v) is 3.25. The minimum atomic E-state index is -0.930. The monoisotopic (exact) mass is 267 g/mol. The molecule has 1 amide bonds. The van der Waals surface area contributed by atoms with E-state index in [9.17, 15) is 19.1 Å². The molecule has 0 unspecified atom stereocenters. The molecule has 2 rings (SSSR count). The number of phenolic OH excluding ortho intramolecular Hbond substituents is 1. The van der Waals surface area contributed by atoms with Gasteiger partial charge >= 0.3 is 5.97 Å². The molecule has 0 spiro atoms. The largest absolute Gasteiger partial charge is 0.507 e. The van der Waals surface area contributed by atoms with E-state index in [0.29, 0.717) is 19.4 Å². The van der Waals surface area contributed by atoms with Crippen LogP contribution in [0.2, 0.25) is 0 Å². The molecular formula is C13H14FNO4.